The molecule has 0 aliphatic carbocycles. The lowest BCUT2D eigenvalue weighted by atomic mass is 10.1. The van der Waals surface area contributed by atoms with E-state index in [1.807, 2.05) is 0 Å². The van der Waals surface area contributed by atoms with Crippen LogP contribution < -0.4 is 5.32 Å². The average Bonchev–Trinajstić information content (AvgIpc) is 3.01. The largest absolute Gasteiger partial charge is 0.426 e. The van der Waals surface area contributed by atoms with Crippen LogP contribution in [-0.4, -0.2) is 25.6 Å². The van der Waals surface area contributed by atoms with Crippen molar-refractivity contribution in [2.45, 2.75) is 4.90 Å². The Hall–Kier alpha value is -3.00. The van der Waals surface area contributed by atoms with Crippen LogP contribution in [0.3, 0.4) is 0 Å². The van der Waals surface area contributed by atoms with Gasteiger partial charge in [0.25, 0.3) is 11.9 Å². The van der Waals surface area contributed by atoms with Crippen LogP contribution in [-0.2, 0) is 9.84 Å². The summed E-state index contributed by atoms with van der Waals surface area (Å²) in [4.78, 5) is 16.5. The van der Waals surface area contributed by atoms with E-state index in [4.69, 9.17) is 0 Å². The van der Waals surface area contributed by atoms with Crippen LogP contribution in [0.5, 0.6) is 0 Å². The zero-order valence-electron chi connectivity index (χ0n) is 13.1. The van der Waals surface area contributed by atoms with E-state index in [9.17, 15) is 17.6 Å². The van der Waals surface area contributed by atoms with E-state index in [1.165, 1.54) is 18.2 Å². The molecule has 0 bridgehead atoms. The van der Waals surface area contributed by atoms with E-state index < -0.39 is 21.8 Å². The normalized spacial score (nSPS) is 11.3. The number of hydrogen-bond donors (Lipinski definition) is 1. The second-order valence-corrected chi connectivity index (χ2v) is 7.28. The van der Waals surface area contributed by atoms with Crippen molar-refractivity contribution in [3.63, 3.8) is 0 Å². The van der Waals surface area contributed by atoms with Crippen LogP contribution in [0.4, 0.5) is 10.2 Å². The maximum Gasteiger partial charge on any atom is 0.292 e. The van der Waals surface area contributed by atoms with Crippen LogP contribution in [0.25, 0.3) is 11.3 Å². The number of nitrogens with zero attached hydrogens (tertiary/aromatic N) is 1. The van der Waals surface area contributed by atoms with Crippen molar-refractivity contribution in [2.24, 2.45) is 0 Å². The van der Waals surface area contributed by atoms with Gasteiger partial charge in [0.15, 0.2) is 15.6 Å². The highest BCUT2D eigenvalue weighted by Crippen LogP contribution is 2.21. The maximum atomic E-state index is 12.8. The van der Waals surface area contributed by atoms with Gasteiger partial charge in [-0.15, -0.1) is 0 Å². The number of benzene rings is 1. The molecule has 25 heavy (non-hydrogen) atoms. The summed E-state index contributed by atoms with van der Waals surface area (Å²) in [6.07, 6.45) is 1.13. The van der Waals surface area contributed by atoms with Gasteiger partial charge in [0.2, 0.25) is 0 Å². The number of pyridine rings is 1. The van der Waals surface area contributed by atoms with Crippen LogP contribution in [0.1, 0.15) is 10.6 Å². The summed E-state index contributed by atoms with van der Waals surface area (Å²) in [7, 11) is -3.27. The van der Waals surface area contributed by atoms with E-state index in [-0.39, 0.29) is 16.5 Å². The molecular weight excluding hydrogens is 347 g/mol. The number of hydrogen-bond acceptors (Lipinski definition) is 5. The molecule has 3 rings (SSSR count). The van der Waals surface area contributed by atoms with Crippen molar-refractivity contribution >= 4 is 21.6 Å². The van der Waals surface area contributed by atoms with E-state index in [1.54, 1.807) is 30.3 Å². The summed E-state index contributed by atoms with van der Waals surface area (Å²) in [6, 6.07) is 12.6. The summed E-state index contributed by atoms with van der Waals surface area (Å²) in [5.41, 5.74) is 1.23. The van der Waals surface area contributed by atoms with Crippen molar-refractivity contribution in [1.82, 2.24) is 4.98 Å². The third-order valence-corrected chi connectivity index (χ3v) is 4.49. The summed E-state index contributed by atoms with van der Waals surface area (Å²) < 4.78 is 40.4. The van der Waals surface area contributed by atoms with Crippen molar-refractivity contribution in [3.8, 4) is 11.3 Å². The van der Waals surface area contributed by atoms with Gasteiger partial charge in [0, 0.05) is 17.9 Å². The molecule has 128 valence electrons. The second kappa shape index (κ2) is 6.48. The van der Waals surface area contributed by atoms with Crippen LogP contribution in [0.15, 0.2) is 63.9 Å². The smallest absolute Gasteiger partial charge is 0.292 e. The Morgan fingerprint density at radius 2 is 1.80 bits per heavy atom. The van der Waals surface area contributed by atoms with Gasteiger partial charge in [-0.25, -0.2) is 13.4 Å². The van der Waals surface area contributed by atoms with E-state index >= 15 is 0 Å². The molecule has 0 unspecified atom stereocenters. The van der Waals surface area contributed by atoms with Gasteiger partial charge in [-0.1, -0.05) is 18.2 Å². The van der Waals surface area contributed by atoms with Gasteiger partial charge < -0.3 is 9.73 Å². The Bertz CT molecular complexity index is 1030. The first-order valence-electron chi connectivity index (χ1n) is 7.17. The number of nitrogens with one attached hydrogen (secondary N) is 1. The number of sulfone groups is 1. The van der Waals surface area contributed by atoms with Gasteiger partial charge >= 0.3 is 0 Å². The zero-order valence-corrected chi connectivity index (χ0v) is 13.9. The van der Waals surface area contributed by atoms with Crippen molar-refractivity contribution < 1.29 is 22.0 Å². The number of furan rings is 1. The van der Waals surface area contributed by atoms with Crippen molar-refractivity contribution in [3.05, 3.63) is 66.4 Å². The third-order valence-electron chi connectivity index (χ3n) is 3.37. The molecule has 6 nitrogen and oxygen atoms in total. The molecular formula is C17H13FN2O4S. The first kappa shape index (κ1) is 16.8. The standard InChI is InChI=1S/C17H13FN2O4S/c1-25(22,23)12-7-5-11(6-8-12)13-3-2-4-16(19-13)20-17(21)14-9-10-15(18)24-14/h2-10H,1H3,(H,19,20,21). The minimum absolute atomic E-state index is 0.165. The minimum Gasteiger partial charge on any atom is -0.426 e. The number of carbonyl (C=O) groups is 1. The Morgan fingerprint density at radius 3 is 2.40 bits per heavy atom. The molecule has 3 aromatic rings. The SMILES string of the molecule is CS(=O)(=O)c1ccc(-c2cccc(NC(=O)c3ccc(F)o3)n2)cc1. The highest BCUT2D eigenvalue weighted by molar-refractivity contribution is 7.90. The molecule has 0 atom stereocenters. The summed E-state index contributed by atoms with van der Waals surface area (Å²) in [5, 5.41) is 2.51. The Labute approximate surface area is 143 Å². The highest BCUT2D eigenvalue weighted by atomic mass is 32.2. The lowest BCUT2D eigenvalue weighted by Gasteiger charge is -2.06. The molecule has 0 aliphatic rings. The molecule has 2 aromatic heterocycles. The maximum absolute atomic E-state index is 12.8. The van der Waals surface area contributed by atoms with Gasteiger partial charge in [-0.05, 0) is 30.3 Å². The lowest BCUT2D eigenvalue weighted by Crippen LogP contribution is -2.12. The molecule has 8 heteroatoms. The van der Waals surface area contributed by atoms with Crippen LogP contribution in [0.2, 0.25) is 0 Å². The quantitative estimate of drug-likeness (QED) is 0.772. The number of aromatic nitrogens is 1. The summed E-state index contributed by atoms with van der Waals surface area (Å²) >= 11 is 0. The van der Waals surface area contributed by atoms with E-state index in [0.29, 0.717) is 11.3 Å². The first-order chi connectivity index (χ1) is 11.8. The number of anilines is 1. The predicted molar refractivity (Wildman–Crippen MR) is 89.4 cm³/mol. The molecule has 0 radical (unpaired) electrons. The average molecular weight is 360 g/mol. The molecule has 2 heterocycles. The molecule has 1 amide bonds. The first-order valence-corrected chi connectivity index (χ1v) is 9.06. The number of halogens is 1. The molecule has 0 saturated carbocycles. The Balaban J connectivity index is 1.83. The molecule has 1 N–H and O–H groups in total. The van der Waals surface area contributed by atoms with Crippen molar-refractivity contribution in [1.29, 1.82) is 0 Å². The number of amides is 1. The summed E-state index contributed by atoms with van der Waals surface area (Å²) in [5.74, 6) is -0.533. The van der Waals surface area contributed by atoms with Crippen molar-refractivity contribution in [2.75, 3.05) is 11.6 Å². The molecule has 1 aromatic carbocycles. The van der Waals surface area contributed by atoms with Crippen LogP contribution in [0, 0.1) is 6.01 Å². The highest BCUT2D eigenvalue weighted by Gasteiger charge is 2.13. The van der Waals surface area contributed by atoms with Gasteiger partial charge in [-0.3, -0.25) is 4.79 Å². The zero-order chi connectivity index (χ0) is 18.0. The van der Waals surface area contributed by atoms with E-state index in [0.717, 1.165) is 12.3 Å². The van der Waals surface area contributed by atoms with Gasteiger partial charge in [0.1, 0.15) is 5.82 Å². The fraction of sp³-hybridized carbons (Fsp3) is 0.0588. The molecule has 0 aliphatic heterocycles. The Morgan fingerprint density at radius 1 is 1.08 bits per heavy atom. The fourth-order valence-electron chi connectivity index (χ4n) is 2.15. The monoisotopic (exact) mass is 360 g/mol. The molecule has 0 spiro atoms. The third kappa shape index (κ3) is 3.92. The molecule has 0 fully saturated rings. The summed E-state index contributed by atoms with van der Waals surface area (Å²) in [6.45, 7) is 0. The van der Waals surface area contributed by atoms with Gasteiger partial charge in [0.05, 0.1) is 10.6 Å². The molecule has 0 saturated heterocycles. The topological polar surface area (TPSA) is 89.3 Å². The second-order valence-electron chi connectivity index (χ2n) is 5.26. The predicted octanol–water partition coefficient (Wildman–Crippen LogP) is 3.14. The minimum atomic E-state index is -3.27. The fourth-order valence-corrected chi connectivity index (χ4v) is 2.78. The Kier molecular flexibility index (Phi) is 4.37. The van der Waals surface area contributed by atoms with Crippen LogP contribution >= 0.6 is 0 Å². The lowest BCUT2D eigenvalue weighted by molar-refractivity contribution is 0.0988. The van der Waals surface area contributed by atoms with Gasteiger partial charge in [-0.2, -0.15) is 4.39 Å². The van der Waals surface area contributed by atoms with E-state index in [2.05, 4.69) is 14.7 Å². The number of rotatable bonds is 4. The number of carbonyl (C=O) groups excluding carboxylic acids is 1.